The Morgan fingerprint density at radius 3 is 2.76 bits per heavy atom. The highest BCUT2D eigenvalue weighted by atomic mass is 16.5. The molecule has 1 saturated heterocycles. The molecule has 1 unspecified atom stereocenters. The van der Waals surface area contributed by atoms with Gasteiger partial charge in [0.15, 0.2) is 0 Å². The highest BCUT2D eigenvalue weighted by Gasteiger charge is 2.30. The van der Waals surface area contributed by atoms with Gasteiger partial charge in [-0.1, -0.05) is 42.5 Å². The van der Waals surface area contributed by atoms with Crippen molar-refractivity contribution in [1.82, 2.24) is 4.90 Å². The zero-order chi connectivity index (χ0) is 17.6. The molecule has 3 rings (SSSR count). The number of hydrogen-bond donors (Lipinski definition) is 1. The van der Waals surface area contributed by atoms with Gasteiger partial charge in [-0.3, -0.25) is 0 Å². The lowest BCUT2D eigenvalue weighted by molar-refractivity contribution is 0.134. The van der Waals surface area contributed by atoms with Crippen LogP contribution in [-0.4, -0.2) is 24.1 Å². The Kier molecular flexibility index (Phi) is 5.71. The van der Waals surface area contributed by atoms with Gasteiger partial charge in [0.25, 0.3) is 0 Å². The smallest absolute Gasteiger partial charge is 0.322 e. The van der Waals surface area contributed by atoms with Crippen LogP contribution in [0.15, 0.2) is 48.5 Å². The van der Waals surface area contributed by atoms with Crippen molar-refractivity contribution in [2.24, 2.45) is 0 Å². The van der Waals surface area contributed by atoms with Crippen molar-refractivity contribution in [1.29, 1.82) is 0 Å². The van der Waals surface area contributed by atoms with Crippen molar-refractivity contribution in [3.05, 3.63) is 65.2 Å². The third kappa shape index (κ3) is 4.02. The second-order valence-corrected chi connectivity index (χ2v) is 6.43. The fraction of sp³-hybridized carbons (Fsp3) is 0.381. The van der Waals surface area contributed by atoms with Gasteiger partial charge in [-0.15, -0.1) is 0 Å². The predicted octanol–water partition coefficient (Wildman–Crippen LogP) is 4.90. The van der Waals surface area contributed by atoms with Gasteiger partial charge in [0.2, 0.25) is 0 Å². The third-order valence-corrected chi connectivity index (χ3v) is 4.78. The van der Waals surface area contributed by atoms with Gasteiger partial charge in [-0.25, -0.2) is 4.79 Å². The Hall–Kier alpha value is -2.33. The molecule has 2 amide bonds. The molecule has 2 aromatic carbocycles. The topological polar surface area (TPSA) is 41.6 Å². The van der Waals surface area contributed by atoms with Crippen LogP contribution < -0.4 is 5.32 Å². The number of carbonyl (C=O) groups excluding carboxylic acids is 1. The number of urea groups is 1. The number of rotatable bonds is 5. The summed E-state index contributed by atoms with van der Waals surface area (Å²) in [6.07, 6.45) is 2.05. The van der Waals surface area contributed by atoms with E-state index in [1.54, 1.807) is 0 Å². The first kappa shape index (κ1) is 17.5. The second kappa shape index (κ2) is 8.17. The van der Waals surface area contributed by atoms with E-state index < -0.39 is 0 Å². The minimum absolute atomic E-state index is 0.0327. The molecule has 1 aliphatic rings. The molecule has 132 valence electrons. The number of likely N-dealkylation sites (tertiary alicyclic amines) is 1. The van der Waals surface area contributed by atoms with Crippen LogP contribution in [0.2, 0.25) is 0 Å². The SMILES string of the molecule is CCOCc1ccccc1NC(=O)N1CCCC1c1ccccc1C. The highest BCUT2D eigenvalue weighted by molar-refractivity contribution is 5.90. The van der Waals surface area contributed by atoms with Crippen LogP contribution >= 0.6 is 0 Å². The minimum Gasteiger partial charge on any atom is -0.377 e. The molecule has 2 aromatic rings. The molecule has 1 atom stereocenters. The van der Waals surface area contributed by atoms with Crippen molar-refractivity contribution in [3.8, 4) is 0 Å². The van der Waals surface area contributed by atoms with Crippen LogP contribution in [0.1, 0.15) is 42.5 Å². The molecule has 0 aliphatic carbocycles. The molecule has 4 heteroatoms. The summed E-state index contributed by atoms with van der Waals surface area (Å²) in [5.41, 5.74) is 4.32. The van der Waals surface area contributed by atoms with Crippen molar-refractivity contribution in [2.45, 2.75) is 39.3 Å². The van der Waals surface area contributed by atoms with Gasteiger partial charge < -0.3 is 15.0 Å². The van der Waals surface area contributed by atoms with E-state index in [9.17, 15) is 4.79 Å². The number of amides is 2. The Morgan fingerprint density at radius 2 is 1.96 bits per heavy atom. The predicted molar refractivity (Wildman–Crippen MR) is 101 cm³/mol. The molecular weight excluding hydrogens is 312 g/mol. The first-order valence-electron chi connectivity index (χ1n) is 8.99. The van der Waals surface area contributed by atoms with Crippen molar-refractivity contribution in [3.63, 3.8) is 0 Å². The fourth-order valence-electron chi connectivity index (χ4n) is 3.46. The Labute approximate surface area is 149 Å². The van der Waals surface area contributed by atoms with Crippen molar-refractivity contribution in [2.75, 3.05) is 18.5 Å². The number of para-hydroxylation sites is 1. The van der Waals surface area contributed by atoms with Crippen LogP contribution in [0.4, 0.5) is 10.5 Å². The lowest BCUT2D eigenvalue weighted by atomic mass is 9.99. The minimum atomic E-state index is -0.0327. The van der Waals surface area contributed by atoms with Gasteiger partial charge >= 0.3 is 6.03 Å². The van der Waals surface area contributed by atoms with Crippen molar-refractivity contribution < 1.29 is 9.53 Å². The van der Waals surface area contributed by atoms with E-state index in [1.807, 2.05) is 48.2 Å². The average molecular weight is 338 g/mol. The number of nitrogens with one attached hydrogen (secondary N) is 1. The normalized spacial score (nSPS) is 16.9. The molecule has 0 bridgehead atoms. The van der Waals surface area contributed by atoms with E-state index in [0.29, 0.717) is 13.2 Å². The van der Waals surface area contributed by atoms with Gasteiger partial charge in [0.1, 0.15) is 0 Å². The zero-order valence-electron chi connectivity index (χ0n) is 15.0. The zero-order valence-corrected chi connectivity index (χ0v) is 15.0. The van der Waals surface area contributed by atoms with Gasteiger partial charge in [0.05, 0.1) is 12.6 Å². The maximum Gasteiger partial charge on any atom is 0.322 e. The molecular formula is C21H26N2O2. The van der Waals surface area contributed by atoms with Gasteiger partial charge in [0, 0.05) is 24.4 Å². The molecule has 1 fully saturated rings. The quantitative estimate of drug-likeness (QED) is 0.842. The molecule has 1 heterocycles. The van der Waals surface area contributed by atoms with E-state index in [1.165, 1.54) is 11.1 Å². The maximum absolute atomic E-state index is 12.9. The Balaban J connectivity index is 1.76. The summed E-state index contributed by atoms with van der Waals surface area (Å²) in [7, 11) is 0. The number of benzene rings is 2. The average Bonchev–Trinajstić information content (AvgIpc) is 3.11. The molecule has 4 nitrogen and oxygen atoms in total. The molecule has 0 radical (unpaired) electrons. The summed E-state index contributed by atoms with van der Waals surface area (Å²) in [6.45, 7) is 6.04. The molecule has 25 heavy (non-hydrogen) atoms. The molecule has 0 aromatic heterocycles. The maximum atomic E-state index is 12.9. The first-order chi connectivity index (χ1) is 12.2. The van der Waals surface area contributed by atoms with E-state index >= 15 is 0 Å². The van der Waals surface area contributed by atoms with E-state index in [2.05, 4.69) is 24.4 Å². The number of nitrogens with zero attached hydrogens (tertiary/aromatic N) is 1. The monoisotopic (exact) mass is 338 g/mol. The summed E-state index contributed by atoms with van der Waals surface area (Å²) >= 11 is 0. The summed E-state index contributed by atoms with van der Waals surface area (Å²) in [5.74, 6) is 0. The number of aryl methyl sites for hydroxylation is 1. The molecule has 1 aliphatic heterocycles. The largest absolute Gasteiger partial charge is 0.377 e. The van der Waals surface area contributed by atoms with E-state index in [4.69, 9.17) is 4.74 Å². The summed E-state index contributed by atoms with van der Waals surface area (Å²) in [4.78, 5) is 14.9. The second-order valence-electron chi connectivity index (χ2n) is 6.43. The van der Waals surface area contributed by atoms with Crippen LogP contribution in [0.3, 0.4) is 0 Å². The molecule has 0 saturated carbocycles. The fourth-order valence-corrected chi connectivity index (χ4v) is 3.46. The van der Waals surface area contributed by atoms with Crippen LogP contribution in [0.5, 0.6) is 0 Å². The summed E-state index contributed by atoms with van der Waals surface area (Å²) in [6, 6.07) is 16.3. The summed E-state index contributed by atoms with van der Waals surface area (Å²) < 4.78 is 5.51. The molecule has 0 spiro atoms. The number of carbonyl (C=O) groups is 1. The Morgan fingerprint density at radius 1 is 1.20 bits per heavy atom. The lowest BCUT2D eigenvalue weighted by Crippen LogP contribution is -2.35. The standard InChI is InChI=1S/C21H26N2O2/c1-3-25-15-17-10-5-7-12-19(17)22-21(24)23-14-8-13-20(23)18-11-6-4-9-16(18)2/h4-7,9-12,20H,3,8,13-15H2,1-2H3,(H,22,24). The highest BCUT2D eigenvalue weighted by Crippen LogP contribution is 2.34. The lowest BCUT2D eigenvalue weighted by Gasteiger charge is -2.27. The van der Waals surface area contributed by atoms with Gasteiger partial charge in [-0.2, -0.15) is 0 Å². The van der Waals surface area contributed by atoms with Gasteiger partial charge in [-0.05, 0) is 43.9 Å². The number of ether oxygens (including phenoxy) is 1. The third-order valence-electron chi connectivity index (χ3n) is 4.78. The number of anilines is 1. The van der Waals surface area contributed by atoms with E-state index in [0.717, 1.165) is 30.6 Å². The first-order valence-corrected chi connectivity index (χ1v) is 8.99. The van der Waals surface area contributed by atoms with Crippen LogP contribution in [-0.2, 0) is 11.3 Å². The summed E-state index contributed by atoms with van der Waals surface area (Å²) in [5, 5.41) is 3.09. The van der Waals surface area contributed by atoms with Crippen LogP contribution in [0, 0.1) is 6.92 Å². The van der Waals surface area contributed by atoms with E-state index in [-0.39, 0.29) is 12.1 Å². The number of hydrogen-bond acceptors (Lipinski definition) is 2. The van der Waals surface area contributed by atoms with Crippen molar-refractivity contribution >= 4 is 11.7 Å². The van der Waals surface area contributed by atoms with Crippen LogP contribution in [0.25, 0.3) is 0 Å². The molecule has 1 N–H and O–H groups in total. The Bertz CT molecular complexity index is 729.